The maximum Gasteiger partial charge on any atom is 0.421 e. The number of rotatable bonds is 17. The van der Waals surface area contributed by atoms with E-state index >= 15 is 0 Å². The molecule has 4 N–H and O–H groups in total. The van der Waals surface area contributed by atoms with Crippen molar-refractivity contribution in [3.05, 3.63) is 254 Å². The number of aryl methyl sites for hydroxylation is 1. The Morgan fingerprint density at radius 3 is 1.03 bits per heavy atom. The third-order valence-electron chi connectivity index (χ3n) is 20.0. The van der Waals surface area contributed by atoms with E-state index in [0.29, 0.717) is 80.5 Å². The summed E-state index contributed by atoms with van der Waals surface area (Å²) in [6, 6.07) is 37.3. The monoisotopic (exact) mass is 1600 g/mol. The predicted molar refractivity (Wildman–Crippen MR) is 392 cm³/mol. The highest BCUT2D eigenvalue weighted by atomic mass is 19.4. The second kappa shape index (κ2) is 38.1. The number of piperazine rings is 2. The Labute approximate surface area is 646 Å². The number of hydrogen-bond donors (Lipinski definition) is 4. The number of amides is 4. The van der Waals surface area contributed by atoms with Gasteiger partial charge in [0.25, 0.3) is 0 Å². The Morgan fingerprint density at radius 1 is 0.360 bits per heavy atom. The average Bonchev–Trinajstić information content (AvgIpc) is 0.812. The number of piperidine rings is 2. The minimum Gasteiger partial charge on any atom is -0.478 e. The number of pyridine rings is 1. The molecule has 114 heavy (non-hydrogen) atoms. The van der Waals surface area contributed by atoms with Crippen molar-refractivity contribution in [1.82, 2.24) is 34.6 Å². The van der Waals surface area contributed by atoms with E-state index in [-0.39, 0.29) is 159 Å². The van der Waals surface area contributed by atoms with Gasteiger partial charge in [-0.3, -0.25) is 19.2 Å². The minimum atomic E-state index is -4.57. The highest BCUT2D eigenvalue weighted by Crippen LogP contribution is 2.42. The molecule has 6 aromatic carbocycles. The zero-order valence-corrected chi connectivity index (χ0v) is 61.3. The first-order valence-corrected chi connectivity index (χ1v) is 36.1. The van der Waals surface area contributed by atoms with E-state index < -0.39 is 70.8 Å². The molecule has 0 radical (unpaired) electrons. The van der Waals surface area contributed by atoms with Crippen LogP contribution >= 0.6 is 0 Å². The Balaban J connectivity index is 0.000000174. The summed E-state index contributed by atoms with van der Waals surface area (Å²) in [7, 11) is 0. The van der Waals surface area contributed by atoms with Crippen LogP contribution in [0.25, 0.3) is 0 Å². The number of carbonyl (C=O) groups is 8. The number of alkyl halides is 12. The van der Waals surface area contributed by atoms with Crippen LogP contribution in [0.4, 0.5) is 64.3 Å². The zero-order valence-electron chi connectivity index (χ0n) is 61.3. The van der Waals surface area contributed by atoms with Crippen LogP contribution in [0.15, 0.2) is 170 Å². The van der Waals surface area contributed by atoms with E-state index in [1.807, 2.05) is 13.0 Å². The van der Waals surface area contributed by atoms with E-state index in [2.05, 4.69) is 15.0 Å². The van der Waals surface area contributed by atoms with Gasteiger partial charge >= 0.3 is 48.6 Å². The predicted octanol–water partition coefficient (Wildman–Crippen LogP) is 14.0. The van der Waals surface area contributed by atoms with Crippen molar-refractivity contribution in [2.24, 2.45) is 0 Å². The fourth-order valence-electron chi connectivity index (χ4n) is 14.0. The standard InChI is InChI=1S/C23H24F3NO3.C21H20F3NO3.C19H18F3N3O3.C18H17F3N4O3/c1-2-15-7-8-17(19(13-15)22(29)30)14-21(28)27-11-9-16(10-12-27)18-5-3-4-6-20(18)23(24,25)26;22-21(23,24)18-8-4-3-6-16(18)14-9-11-25(12-10-14)19(26)13-15-5-1-2-7-17(15)20(27)28;20-19(21,22)15-6-3-7-23-17(15)25-10-8-24(9-11-25)16(26)12-13-4-1-2-5-14(13)18(27)28;19-18(20,21)14-10-22-11-23-16(14)25-7-5-24(6-8-25)15(26)9-12-3-1-2-4-13(12)17(27)28/h3-8,13,16H,2,9-12,14H2,1H3,(H,29,30);1-8,14H,9-13H2,(H,27,28);1-7H,8-12H2,(H,27,28);1-4,10-11H,5-9H2,(H,27,28). The molecule has 4 fully saturated rings. The third-order valence-corrected chi connectivity index (χ3v) is 20.0. The first kappa shape index (κ1) is 86.1. The van der Waals surface area contributed by atoms with Crippen LogP contribution in [-0.2, 0) is 76.0 Å². The molecule has 8 aromatic rings. The average molecular weight is 1600 g/mol. The molecule has 0 saturated carbocycles. The summed E-state index contributed by atoms with van der Waals surface area (Å²) in [5.74, 6) is -6.19. The van der Waals surface area contributed by atoms with Crippen molar-refractivity contribution < 1.29 is 111 Å². The van der Waals surface area contributed by atoms with Crippen molar-refractivity contribution in [1.29, 1.82) is 0 Å². The number of carboxylic acids is 4. The lowest BCUT2D eigenvalue weighted by molar-refractivity contribution is -0.139. The van der Waals surface area contributed by atoms with Crippen LogP contribution in [0.2, 0.25) is 0 Å². The number of likely N-dealkylation sites (tertiary alicyclic amines) is 2. The van der Waals surface area contributed by atoms with Crippen molar-refractivity contribution in [3.8, 4) is 0 Å². The van der Waals surface area contributed by atoms with Gasteiger partial charge in [0, 0.05) is 90.9 Å². The highest BCUT2D eigenvalue weighted by molar-refractivity contribution is 5.94. The molecular formula is C81H79F12N9O12. The summed E-state index contributed by atoms with van der Waals surface area (Å²) in [5, 5.41) is 37.1. The molecule has 604 valence electrons. The second-order valence-electron chi connectivity index (χ2n) is 27.1. The van der Waals surface area contributed by atoms with E-state index in [1.165, 1.54) is 74.3 Å². The lowest BCUT2D eigenvalue weighted by Gasteiger charge is -2.36. The Hall–Kier alpha value is -11.9. The summed E-state index contributed by atoms with van der Waals surface area (Å²) in [6.07, 6.45) is -12.5. The van der Waals surface area contributed by atoms with Crippen LogP contribution in [0.3, 0.4) is 0 Å². The molecule has 21 nitrogen and oxygen atoms in total. The molecular weight excluding hydrogens is 1520 g/mol. The Kier molecular flexibility index (Phi) is 28.7. The zero-order chi connectivity index (χ0) is 82.8. The normalized spacial score (nSPS) is 15.1. The summed E-state index contributed by atoms with van der Waals surface area (Å²) in [4.78, 5) is 116. The minimum absolute atomic E-state index is 0.0323. The quantitative estimate of drug-likeness (QED) is 0.0617. The molecule has 0 spiro atoms. The van der Waals surface area contributed by atoms with Crippen LogP contribution in [0, 0.1) is 0 Å². The van der Waals surface area contributed by atoms with Gasteiger partial charge in [-0.2, -0.15) is 52.7 Å². The summed E-state index contributed by atoms with van der Waals surface area (Å²) >= 11 is 0. The Morgan fingerprint density at radius 2 is 0.675 bits per heavy atom. The number of nitrogens with zero attached hydrogens (tertiary/aromatic N) is 9. The van der Waals surface area contributed by atoms with Gasteiger partial charge in [-0.05, 0) is 131 Å². The topological polar surface area (TPSA) is 276 Å². The van der Waals surface area contributed by atoms with Gasteiger partial charge in [0.15, 0.2) is 0 Å². The van der Waals surface area contributed by atoms with E-state index in [9.17, 15) is 111 Å². The van der Waals surface area contributed by atoms with E-state index in [0.717, 1.165) is 36.3 Å². The van der Waals surface area contributed by atoms with Crippen LogP contribution < -0.4 is 9.80 Å². The number of aromatic carboxylic acids is 4. The van der Waals surface area contributed by atoms with Crippen molar-refractivity contribution in [2.75, 3.05) is 88.3 Å². The van der Waals surface area contributed by atoms with E-state index in [4.69, 9.17) is 0 Å². The molecule has 0 bridgehead atoms. The molecule has 33 heteroatoms. The lowest BCUT2D eigenvalue weighted by Crippen LogP contribution is -2.50. The van der Waals surface area contributed by atoms with Gasteiger partial charge in [0.1, 0.15) is 23.5 Å². The molecule has 4 saturated heterocycles. The number of carbonyl (C=O) groups excluding carboxylic acids is 4. The van der Waals surface area contributed by atoms with Gasteiger partial charge in [0.2, 0.25) is 23.6 Å². The summed E-state index contributed by atoms with van der Waals surface area (Å²) in [5.41, 5.74) is 0.529. The molecule has 0 aliphatic carbocycles. The SMILES string of the molecule is CCc1ccc(CC(=O)N2CCC(c3ccccc3C(F)(F)F)CC2)c(C(=O)O)c1.O=C(O)c1ccccc1CC(=O)N1CCC(c2ccccc2C(F)(F)F)CC1.O=C(O)c1ccccc1CC(=O)N1CCN(c2ncccc2C(F)(F)F)CC1.O=C(O)c1ccccc1CC(=O)N1CCN(c2ncncc2C(F)(F)F)CC1. The van der Waals surface area contributed by atoms with Gasteiger partial charge in [-0.15, -0.1) is 0 Å². The highest BCUT2D eigenvalue weighted by Gasteiger charge is 2.41. The summed E-state index contributed by atoms with van der Waals surface area (Å²) in [6.45, 7) is 5.05. The van der Waals surface area contributed by atoms with Gasteiger partial charge in [-0.25, -0.2) is 34.1 Å². The second-order valence-corrected chi connectivity index (χ2v) is 27.1. The van der Waals surface area contributed by atoms with E-state index in [1.54, 1.807) is 88.7 Å². The van der Waals surface area contributed by atoms with Crippen molar-refractivity contribution in [3.63, 3.8) is 0 Å². The molecule has 0 atom stereocenters. The molecule has 4 aliphatic rings. The number of halogens is 12. The Bertz CT molecular complexity index is 4390. The molecule has 4 aliphatic heterocycles. The first-order chi connectivity index (χ1) is 54.0. The number of anilines is 2. The molecule has 12 rings (SSSR count). The van der Waals surface area contributed by atoms with Crippen molar-refractivity contribution >= 4 is 59.1 Å². The number of benzene rings is 6. The molecule has 4 amide bonds. The lowest BCUT2D eigenvalue weighted by atomic mass is 9.86. The van der Waals surface area contributed by atoms with Crippen LogP contribution in [-0.4, -0.2) is 181 Å². The molecule has 0 unspecified atom stereocenters. The fourth-order valence-corrected chi connectivity index (χ4v) is 14.0. The number of aromatic nitrogens is 3. The largest absolute Gasteiger partial charge is 0.478 e. The smallest absolute Gasteiger partial charge is 0.421 e. The summed E-state index contributed by atoms with van der Waals surface area (Å²) < 4.78 is 159. The molecule has 2 aromatic heterocycles. The third kappa shape index (κ3) is 22.7. The fraction of sp³-hybridized carbons (Fsp3) is 0.346. The molecule has 6 heterocycles. The maximum absolute atomic E-state index is 13.3. The number of hydrogen-bond acceptors (Lipinski definition) is 13. The maximum atomic E-state index is 13.3. The van der Waals surface area contributed by atoms with Gasteiger partial charge < -0.3 is 49.8 Å². The first-order valence-electron chi connectivity index (χ1n) is 36.1. The van der Waals surface area contributed by atoms with Gasteiger partial charge in [-0.1, -0.05) is 110 Å². The van der Waals surface area contributed by atoms with Crippen LogP contribution in [0.1, 0.15) is 147 Å². The van der Waals surface area contributed by atoms with Gasteiger partial charge in [0.05, 0.1) is 64.6 Å². The van der Waals surface area contributed by atoms with Crippen molar-refractivity contribution in [2.45, 2.75) is 101 Å². The van der Waals surface area contributed by atoms with Crippen LogP contribution in [0.5, 0.6) is 0 Å². The number of carboxylic acid groups (broad SMARTS) is 4.